The van der Waals surface area contributed by atoms with Crippen molar-refractivity contribution in [2.75, 3.05) is 16.0 Å². The third-order valence-corrected chi connectivity index (χ3v) is 4.25. The van der Waals surface area contributed by atoms with Gasteiger partial charge in [-0.3, -0.25) is 9.78 Å². The van der Waals surface area contributed by atoms with Crippen LogP contribution in [0.15, 0.2) is 73.2 Å². The molecule has 0 saturated heterocycles. The van der Waals surface area contributed by atoms with Crippen molar-refractivity contribution in [3.63, 3.8) is 0 Å². The summed E-state index contributed by atoms with van der Waals surface area (Å²) in [6, 6.07) is 15.9. The van der Waals surface area contributed by atoms with Gasteiger partial charge in [0, 0.05) is 42.1 Å². The van der Waals surface area contributed by atoms with E-state index < -0.39 is 0 Å². The number of carbonyl (C=O) groups excluding carboxylic acids is 1. The minimum absolute atomic E-state index is 0.252. The second-order valence-electron chi connectivity index (χ2n) is 6.14. The number of fused-ring (bicyclic) bond motifs is 1. The maximum absolute atomic E-state index is 13.3. The number of amides is 1. The zero-order valence-corrected chi connectivity index (χ0v) is 14.4. The highest BCUT2D eigenvalue weighted by molar-refractivity contribution is 6.31. The highest BCUT2D eigenvalue weighted by Gasteiger charge is 2.24. The number of rotatable bonds is 5. The number of hydrogen-bond acceptors (Lipinski definition) is 4. The van der Waals surface area contributed by atoms with Gasteiger partial charge in [0.1, 0.15) is 5.82 Å². The van der Waals surface area contributed by atoms with Crippen LogP contribution in [-0.4, -0.2) is 10.9 Å². The number of aromatic nitrogens is 1. The number of pyridine rings is 1. The lowest BCUT2D eigenvalue weighted by Crippen LogP contribution is -2.05. The molecule has 1 amide bonds. The lowest BCUT2D eigenvalue weighted by Gasteiger charge is -2.08. The molecule has 5 nitrogen and oxygen atoms in total. The Morgan fingerprint density at radius 1 is 1.07 bits per heavy atom. The van der Waals surface area contributed by atoms with E-state index in [9.17, 15) is 9.18 Å². The highest BCUT2D eigenvalue weighted by atomic mass is 19.1. The van der Waals surface area contributed by atoms with Gasteiger partial charge >= 0.3 is 0 Å². The van der Waals surface area contributed by atoms with Crippen LogP contribution in [0.4, 0.5) is 21.5 Å². The van der Waals surface area contributed by atoms with E-state index >= 15 is 0 Å². The summed E-state index contributed by atoms with van der Waals surface area (Å²) in [6.45, 7) is 0.693. The van der Waals surface area contributed by atoms with Crippen LogP contribution in [0.5, 0.6) is 0 Å². The first kappa shape index (κ1) is 16.8. The molecule has 0 spiro atoms. The Bertz CT molecular complexity index is 1000. The fourth-order valence-electron chi connectivity index (χ4n) is 2.86. The van der Waals surface area contributed by atoms with Crippen molar-refractivity contribution in [1.82, 2.24) is 4.98 Å². The van der Waals surface area contributed by atoms with Crippen molar-refractivity contribution in [3.05, 3.63) is 90.1 Å². The molecule has 1 aliphatic rings. The molecule has 0 unspecified atom stereocenters. The molecule has 4 rings (SSSR count). The van der Waals surface area contributed by atoms with Crippen molar-refractivity contribution in [2.45, 2.75) is 6.54 Å². The van der Waals surface area contributed by atoms with E-state index in [2.05, 4.69) is 20.9 Å². The Labute approximate surface area is 156 Å². The summed E-state index contributed by atoms with van der Waals surface area (Å²) in [5.74, 6) is -0.629. The lowest BCUT2D eigenvalue weighted by molar-refractivity contribution is -0.110. The number of anilines is 3. The standard InChI is InChI=1S/C21H17FN4O/c22-15-3-8-18-19(21(27)26-20(18)10-15)13-25-17-6-4-16(5-7-17)24-12-14-2-1-9-23-11-14/h1-11,13,24-25H,12H2,(H,26,27). The van der Waals surface area contributed by atoms with Gasteiger partial charge in [-0.15, -0.1) is 0 Å². The van der Waals surface area contributed by atoms with Crippen LogP contribution in [0.2, 0.25) is 0 Å². The Balaban J connectivity index is 1.42. The van der Waals surface area contributed by atoms with E-state index in [1.165, 1.54) is 12.1 Å². The molecule has 0 radical (unpaired) electrons. The molecule has 0 fully saturated rings. The predicted molar refractivity (Wildman–Crippen MR) is 105 cm³/mol. The first-order valence-electron chi connectivity index (χ1n) is 8.50. The highest BCUT2D eigenvalue weighted by Crippen LogP contribution is 2.32. The van der Waals surface area contributed by atoms with Gasteiger partial charge in [-0.1, -0.05) is 6.07 Å². The van der Waals surface area contributed by atoms with Crippen molar-refractivity contribution >= 4 is 28.5 Å². The zero-order chi connectivity index (χ0) is 18.6. The van der Waals surface area contributed by atoms with Crippen molar-refractivity contribution in [3.8, 4) is 0 Å². The minimum atomic E-state index is -0.377. The summed E-state index contributed by atoms with van der Waals surface area (Å²) < 4.78 is 13.3. The molecule has 0 atom stereocenters. The van der Waals surface area contributed by atoms with Crippen LogP contribution in [0, 0.1) is 5.82 Å². The Hall–Kier alpha value is -3.67. The van der Waals surface area contributed by atoms with Crippen molar-refractivity contribution < 1.29 is 9.18 Å². The van der Waals surface area contributed by atoms with Gasteiger partial charge in [-0.25, -0.2) is 4.39 Å². The Morgan fingerprint density at radius 2 is 1.89 bits per heavy atom. The van der Waals surface area contributed by atoms with E-state index in [-0.39, 0.29) is 11.7 Å². The van der Waals surface area contributed by atoms with E-state index in [0.29, 0.717) is 23.4 Å². The molecular weight excluding hydrogens is 343 g/mol. The summed E-state index contributed by atoms with van der Waals surface area (Å²) in [7, 11) is 0. The minimum Gasteiger partial charge on any atom is -0.381 e. The fraction of sp³-hybridized carbons (Fsp3) is 0.0476. The van der Waals surface area contributed by atoms with Gasteiger partial charge in [0.25, 0.3) is 5.91 Å². The molecule has 2 aromatic carbocycles. The monoisotopic (exact) mass is 360 g/mol. The van der Waals surface area contributed by atoms with Gasteiger partial charge in [0.2, 0.25) is 0 Å². The summed E-state index contributed by atoms with van der Waals surface area (Å²) in [6.07, 6.45) is 5.21. The normalized spacial score (nSPS) is 14.0. The zero-order valence-electron chi connectivity index (χ0n) is 14.4. The van der Waals surface area contributed by atoms with Crippen LogP contribution in [-0.2, 0) is 11.3 Å². The van der Waals surface area contributed by atoms with E-state index in [1.807, 2.05) is 42.6 Å². The summed E-state index contributed by atoms with van der Waals surface area (Å²) in [4.78, 5) is 16.2. The SMILES string of the molecule is O=C1Nc2cc(F)ccc2C1=CNc1ccc(NCc2cccnc2)cc1. The average Bonchev–Trinajstić information content (AvgIpc) is 3.00. The largest absolute Gasteiger partial charge is 0.381 e. The Morgan fingerprint density at radius 3 is 2.67 bits per heavy atom. The number of carbonyl (C=O) groups is 1. The van der Waals surface area contributed by atoms with Crippen LogP contribution < -0.4 is 16.0 Å². The molecule has 134 valence electrons. The molecule has 0 saturated carbocycles. The molecule has 0 bridgehead atoms. The average molecular weight is 360 g/mol. The van der Waals surface area contributed by atoms with Gasteiger partial charge in [-0.05, 0) is 54.1 Å². The molecule has 1 aliphatic heterocycles. The molecule has 3 aromatic rings. The van der Waals surface area contributed by atoms with Crippen molar-refractivity contribution in [1.29, 1.82) is 0 Å². The van der Waals surface area contributed by atoms with Gasteiger partial charge in [-0.2, -0.15) is 0 Å². The van der Waals surface area contributed by atoms with Crippen molar-refractivity contribution in [2.24, 2.45) is 0 Å². The first-order valence-corrected chi connectivity index (χ1v) is 8.50. The maximum Gasteiger partial charge on any atom is 0.257 e. The molecule has 2 heterocycles. The fourth-order valence-corrected chi connectivity index (χ4v) is 2.86. The van der Waals surface area contributed by atoms with E-state index in [4.69, 9.17) is 0 Å². The molecular formula is C21H17FN4O. The second kappa shape index (κ2) is 7.29. The number of halogens is 1. The number of nitrogens with one attached hydrogen (secondary N) is 3. The molecule has 1 aromatic heterocycles. The molecule has 6 heteroatoms. The van der Waals surface area contributed by atoms with E-state index in [1.54, 1.807) is 18.5 Å². The third-order valence-electron chi connectivity index (χ3n) is 4.25. The van der Waals surface area contributed by atoms with Gasteiger partial charge in [0.15, 0.2) is 0 Å². The molecule has 27 heavy (non-hydrogen) atoms. The quantitative estimate of drug-likeness (QED) is 0.596. The lowest BCUT2D eigenvalue weighted by atomic mass is 10.1. The molecule has 0 aliphatic carbocycles. The van der Waals surface area contributed by atoms with Crippen LogP contribution in [0.3, 0.4) is 0 Å². The van der Waals surface area contributed by atoms with Crippen LogP contribution >= 0.6 is 0 Å². The topological polar surface area (TPSA) is 66.1 Å². The number of benzene rings is 2. The van der Waals surface area contributed by atoms with Gasteiger partial charge < -0.3 is 16.0 Å². The van der Waals surface area contributed by atoms with Gasteiger partial charge in [0.05, 0.1) is 11.3 Å². The summed E-state index contributed by atoms with van der Waals surface area (Å²) in [5.41, 5.74) is 4.58. The number of hydrogen-bond donors (Lipinski definition) is 3. The smallest absolute Gasteiger partial charge is 0.257 e. The summed E-state index contributed by atoms with van der Waals surface area (Å²) in [5, 5.41) is 9.11. The van der Waals surface area contributed by atoms with E-state index in [0.717, 1.165) is 16.9 Å². The number of nitrogens with zero attached hydrogens (tertiary/aromatic N) is 1. The first-order chi connectivity index (χ1) is 13.2. The summed E-state index contributed by atoms with van der Waals surface area (Å²) >= 11 is 0. The van der Waals surface area contributed by atoms with Crippen LogP contribution in [0.1, 0.15) is 11.1 Å². The molecule has 3 N–H and O–H groups in total. The maximum atomic E-state index is 13.3. The third kappa shape index (κ3) is 3.79. The second-order valence-corrected chi connectivity index (χ2v) is 6.14. The van der Waals surface area contributed by atoms with Crippen LogP contribution in [0.25, 0.3) is 5.57 Å². The predicted octanol–water partition coefficient (Wildman–Crippen LogP) is 4.24. The Kier molecular flexibility index (Phi) is 4.53.